The highest BCUT2D eigenvalue weighted by atomic mass is 32.1. The van der Waals surface area contributed by atoms with Gasteiger partial charge in [-0.05, 0) is 51.1 Å². The lowest BCUT2D eigenvalue weighted by molar-refractivity contribution is 0.0255. The van der Waals surface area contributed by atoms with E-state index >= 15 is 0 Å². The molecule has 0 saturated carbocycles. The van der Waals surface area contributed by atoms with E-state index in [-0.39, 0.29) is 12.1 Å². The second-order valence-electron chi connectivity index (χ2n) is 7.08. The number of aryl methyl sites for hydroxylation is 1. The number of carbonyl (C=O) groups is 1. The molecule has 6 heteroatoms. The van der Waals surface area contributed by atoms with E-state index in [9.17, 15) is 4.79 Å². The summed E-state index contributed by atoms with van der Waals surface area (Å²) in [6.45, 7) is 11.7. The topological polar surface area (TPSA) is 58.8 Å². The molecule has 0 aromatic carbocycles. The van der Waals surface area contributed by atoms with Crippen LogP contribution in [0.1, 0.15) is 43.7 Å². The zero-order valence-electron chi connectivity index (χ0n) is 14.7. The highest BCUT2D eigenvalue weighted by molar-refractivity contribution is 7.10. The standard InChI is InChI=1S/C17H29N3O2S/c1-13-6-11-23-15(13)14(12-18)19-7-5-8-20(10-9-19)16(21)22-17(2,3)4/h6,11,14H,5,7-10,12,18H2,1-4H3. The maximum absolute atomic E-state index is 12.3. The van der Waals surface area contributed by atoms with Gasteiger partial charge in [0.15, 0.2) is 0 Å². The number of hydrogen-bond donors (Lipinski definition) is 1. The fourth-order valence-electron chi connectivity index (χ4n) is 2.91. The van der Waals surface area contributed by atoms with Crippen LogP contribution in [-0.2, 0) is 4.74 Å². The summed E-state index contributed by atoms with van der Waals surface area (Å²) in [7, 11) is 0. The number of hydrogen-bond acceptors (Lipinski definition) is 5. The first-order valence-corrected chi connectivity index (χ1v) is 9.16. The monoisotopic (exact) mass is 339 g/mol. The lowest BCUT2D eigenvalue weighted by atomic mass is 10.1. The molecule has 0 spiro atoms. The summed E-state index contributed by atoms with van der Waals surface area (Å²) in [4.78, 5) is 17.8. The van der Waals surface area contributed by atoms with E-state index in [2.05, 4.69) is 23.3 Å². The Morgan fingerprint density at radius 2 is 2.09 bits per heavy atom. The first kappa shape index (κ1) is 18.2. The predicted molar refractivity (Wildman–Crippen MR) is 94.8 cm³/mol. The zero-order valence-corrected chi connectivity index (χ0v) is 15.5. The van der Waals surface area contributed by atoms with Gasteiger partial charge < -0.3 is 15.4 Å². The number of amides is 1. The minimum absolute atomic E-state index is 0.212. The third-order valence-electron chi connectivity index (χ3n) is 4.05. The number of rotatable bonds is 3. The van der Waals surface area contributed by atoms with Gasteiger partial charge in [0.1, 0.15) is 5.60 Å². The fraction of sp³-hybridized carbons (Fsp3) is 0.706. The smallest absolute Gasteiger partial charge is 0.410 e. The largest absolute Gasteiger partial charge is 0.444 e. The van der Waals surface area contributed by atoms with Crippen molar-refractivity contribution in [2.24, 2.45) is 5.73 Å². The van der Waals surface area contributed by atoms with Crippen molar-refractivity contribution in [2.45, 2.75) is 45.8 Å². The third kappa shape index (κ3) is 4.93. The SMILES string of the molecule is Cc1ccsc1C(CN)N1CCCN(C(=O)OC(C)(C)C)CC1. The molecular formula is C17H29N3O2S. The molecule has 0 bridgehead atoms. The van der Waals surface area contributed by atoms with E-state index in [0.29, 0.717) is 13.1 Å². The van der Waals surface area contributed by atoms with Crippen molar-refractivity contribution in [3.05, 3.63) is 21.9 Å². The minimum atomic E-state index is -0.447. The molecule has 1 amide bonds. The summed E-state index contributed by atoms with van der Waals surface area (Å²) in [6.07, 6.45) is 0.733. The Labute approximate surface area is 143 Å². The van der Waals surface area contributed by atoms with Crippen LogP contribution in [0.5, 0.6) is 0 Å². The molecule has 1 fully saturated rings. The average molecular weight is 340 g/mol. The molecule has 2 heterocycles. The van der Waals surface area contributed by atoms with Crippen LogP contribution in [0.3, 0.4) is 0 Å². The van der Waals surface area contributed by atoms with Crippen LogP contribution in [0, 0.1) is 6.92 Å². The molecule has 23 heavy (non-hydrogen) atoms. The van der Waals surface area contributed by atoms with Gasteiger partial charge in [-0.2, -0.15) is 0 Å². The van der Waals surface area contributed by atoms with Gasteiger partial charge in [0.25, 0.3) is 0 Å². The maximum Gasteiger partial charge on any atom is 0.410 e. The summed E-state index contributed by atoms with van der Waals surface area (Å²) < 4.78 is 5.49. The maximum atomic E-state index is 12.3. The first-order chi connectivity index (χ1) is 10.8. The summed E-state index contributed by atoms with van der Waals surface area (Å²) in [5.74, 6) is 0. The van der Waals surface area contributed by atoms with Crippen LogP contribution in [0.4, 0.5) is 4.79 Å². The van der Waals surface area contributed by atoms with Crippen LogP contribution in [0.2, 0.25) is 0 Å². The molecule has 130 valence electrons. The Balaban J connectivity index is 2.00. The normalized spacial score (nSPS) is 18.6. The van der Waals surface area contributed by atoms with E-state index in [4.69, 9.17) is 10.5 Å². The van der Waals surface area contributed by atoms with Gasteiger partial charge >= 0.3 is 6.09 Å². The highest BCUT2D eigenvalue weighted by Gasteiger charge is 2.28. The van der Waals surface area contributed by atoms with Gasteiger partial charge in [-0.15, -0.1) is 11.3 Å². The lowest BCUT2D eigenvalue weighted by Gasteiger charge is -2.30. The molecular weight excluding hydrogens is 310 g/mol. The fourth-order valence-corrected chi connectivity index (χ4v) is 3.98. The Kier molecular flexibility index (Phi) is 6.06. The van der Waals surface area contributed by atoms with Crippen molar-refractivity contribution < 1.29 is 9.53 Å². The first-order valence-electron chi connectivity index (χ1n) is 8.28. The van der Waals surface area contributed by atoms with Crippen molar-refractivity contribution in [2.75, 3.05) is 32.7 Å². The third-order valence-corrected chi connectivity index (χ3v) is 5.17. The Morgan fingerprint density at radius 1 is 1.35 bits per heavy atom. The molecule has 1 saturated heterocycles. The molecule has 2 N–H and O–H groups in total. The van der Waals surface area contributed by atoms with Crippen LogP contribution in [-0.4, -0.2) is 54.2 Å². The molecule has 2 rings (SSSR count). The van der Waals surface area contributed by atoms with Crippen LogP contribution >= 0.6 is 11.3 Å². The zero-order chi connectivity index (χ0) is 17.0. The Morgan fingerprint density at radius 3 is 2.65 bits per heavy atom. The Bertz CT molecular complexity index is 524. The van der Waals surface area contributed by atoms with E-state index in [1.54, 1.807) is 11.3 Å². The van der Waals surface area contributed by atoms with Gasteiger partial charge in [-0.1, -0.05) is 0 Å². The van der Waals surface area contributed by atoms with Crippen molar-refractivity contribution in [1.82, 2.24) is 9.80 Å². The van der Waals surface area contributed by atoms with E-state index < -0.39 is 5.60 Å². The molecule has 1 unspecified atom stereocenters. The van der Waals surface area contributed by atoms with E-state index in [1.165, 1.54) is 10.4 Å². The van der Waals surface area contributed by atoms with Gasteiger partial charge in [0.05, 0.1) is 6.04 Å². The van der Waals surface area contributed by atoms with Gasteiger partial charge in [-0.25, -0.2) is 4.79 Å². The van der Waals surface area contributed by atoms with E-state index in [1.807, 2.05) is 25.7 Å². The molecule has 1 aromatic rings. The number of nitrogens with two attached hydrogens (primary N) is 1. The molecule has 5 nitrogen and oxygen atoms in total. The van der Waals surface area contributed by atoms with Crippen molar-refractivity contribution in [1.29, 1.82) is 0 Å². The summed E-state index contributed by atoms with van der Waals surface area (Å²) >= 11 is 1.77. The highest BCUT2D eigenvalue weighted by Crippen LogP contribution is 2.29. The van der Waals surface area contributed by atoms with E-state index in [0.717, 1.165) is 26.1 Å². The minimum Gasteiger partial charge on any atom is -0.444 e. The lowest BCUT2D eigenvalue weighted by Crippen LogP contribution is -2.40. The molecule has 1 aliphatic heterocycles. The number of carbonyl (C=O) groups excluding carboxylic acids is 1. The number of ether oxygens (including phenoxy) is 1. The molecule has 1 aliphatic rings. The molecule has 0 aliphatic carbocycles. The Hall–Kier alpha value is -1.11. The summed E-state index contributed by atoms with van der Waals surface area (Å²) in [5, 5.41) is 2.12. The number of thiophene rings is 1. The van der Waals surface area contributed by atoms with Crippen molar-refractivity contribution in [3.8, 4) is 0 Å². The average Bonchev–Trinajstić information content (AvgIpc) is 2.73. The van der Waals surface area contributed by atoms with Gasteiger partial charge in [-0.3, -0.25) is 4.90 Å². The second-order valence-corrected chi connectivity index (χ2v) is 8.02. The van der Waals surface area contributed by atoms with Crippen molar-refractivity contribution in [3.63, 3.8) is 0 Å². The van der Waals surface area contributed by atoms with Crippen molar-refractivity contribution >= 4 is 17.4 Å². The predicted octanol–water partition coefficient (Wildman–Crippen LogP) is 3.00. The summed E-state index contributed by atoms with van der Waals surface area (Å²) in [6, 6.07) is 2.39. The van der Waals surface area contributed by atoms with Crippen LogP contribution in [0.15, 0.2) is 11.4 Å². The van der Waals surface area contributed by atoms with Crippen LogP contribution < -0.4 is 5.73 Å². The second kappa shape index (κ2) is 7.64. The number of nitrogens with zero attached hydrogens (tertiary/aromatic N) is 2. The summed E-state index contributed by atoms with van der Waals surface area (Å²) in [5.41, 5.74) is 6.91. The molecule has 1 atom stereocenters. The quantitative estimate of drug-likeness (QED) is 0.920. The van der Waals surface area contributed by atoms with Crippen LogP contribution in [0.25, 0.3) is 0 Å². The van der Waals surface area contributed by atoms with Gasteiger partial charge in [0.2, 0.25) is 0 Å². The molecule has 0 radical (unpaired) electrons. The van der Waals surface area contributed by atoms with Gasteiger partial charge in [0, 0.05) is 37.6 Å². The molecule has 1 aromatic heterocycles.